The summed E-state index contributed by atoms with van der Waals surface area (Å²) in [6, 6.07) is 9.67. The Morgan fingerprint density at radius 3 is 2.68 bits per heavy atom. The van der Waals surface area contributed by atoms with Gasteiger partial charge in [0.1, 0.15) is 0 Å². The molecule has 0 aliphatic carbocycles. The van der Waals surface area contributed by atoms with Gasteiger partial charge in [0.05, 0.1) is 21.0 Å². The van der Waals surface area contributed by atoms with Gasteiger partial charge >= 0.3 is 0 Å². The lowest BCUT2D eigenvalue weighted by molar-refractivity contribution is 0.623. The predicted octanol–water partition coefficient (Wildman–Crippen LogP) is 3.70. The highest BCUT2D eigenvalue weighted by Gasteiger charge is 2.21. The largest absolute Gasteiger partial charge is 0.326 e. The topological polar surface area (TPSA) is 51.8 Å². The Kier molecular flexibility index (Phi) is 5.19. The average Bonchev–Trinajstić information content (AvgIpc) is 2.47. The SMILES string of the molecule is CCC(N)C(Sc1ccc(Cl)cn1)c1ccccn1. The van der Waals surface area contributed by atoms with Crippen molar-refractivity contribution in [3.63, 3.8) is 0 Å². The van der Waals surface area contributed by atoms with E-state index in [0.717, 1.165) is 17.1 Å². The van der Waals surface area contributed by atoms with Crippen LogP contribution in [0, 0.1) is 0 Å². The number of nitrogens with zero attached hydrogens (tertiary/aromatic N) is 2. The van der Waals surface area contributed by atoms with Crippen LogP contribution in [0.25, 0.3) is 0 Å². The Morgan fingerprint density at radius 1 is 1.26 bits per heavy atom. The van der Waals surface area contributed by atoms with Crippen LogP contribution in [0.2, 0.25) is 5.02 Å². The second-order valence-corrected chi connectivity index (χ2v) is 5.78. The van der Waals surface area contributed by atoms with Crippen molar-refractivity contribution < 1.29 is 0 Å². The third kappa shape index (κ3) is 3.93. The fourth-order valence-corrected chi connectivity index (χ4v) is 2.95. The van der Waals surface area contributed by atoms with Gasteiger partial charge in [0.25, 0.3) is 0 Å². The van der Waals surface area contributed by atoms with Crippen LogP contribution < -0.4 is 5.73 Å². The maximum atomic E-state index is 6.21. The van der Waals surface area contributed by atoms with Crippen LogP contribution in [0.5, 0.6) is 0 Å². The summed E-state index contributed by atoms with van der Waals surface area (Å²) in [6.07, 6.45) is 4.33. The van der Waals surface area contributed by atoms with Crippen molar-refractivity contribution in [2.24, 2.45) is 5.73 Å². The highest BCUT2D eigenvalue weighted by atomic mass is 35.5. The summed E-state index contributed by atoms with van der Waals surface area (Å²) in [5, 5.41) is 1.64. The van der Waals surface area contributed by atoms with Crippen LogP contribution in [-0.2, 0) is 0 Å². The van der Waals surface area contributed by atoms with E-state index in [0.29, 0.717) is 5.02 Å². The molecule has 19 heavy (non-hydrogen) atoms. The third-order valence-corrected chi connectivity index (χ3v) is 4.34. The van der Waals surface area contributed by atoms with Crippen molar-refractivity contribution in [3.05, 3.63) is 53.4 Å². The first-order valence-electron chi connectivity index (χ1n) is 6.15. The molecule has 2 N–H and O–H groups in total. The van der Waals surface area contributed by atoms with Crippen molar-refractivity contribution in [2.75, 3.05) is 0 Å². The van der Waals surface area contributed by atoms with Gasteiger partial charge in [0, 0.05) is 18.4 Å². The molecule has 5 heteroatoms. The summed E-state index contributed by atoms with van der Waals surface area (Å²) >= 11 is 7.47. The molecule has 0 aliphatic heterocycles. The molecule has 0 amide bonds. The zero-order chi connectivity index (χ0) is 13.7. The van der Waals surface area contributed by atoms with Crippen LogP contribution in [0.1, 0.15) is 24.3 Å². The smallest absolute Gasteiger partial charge is 0.0968 e. The lowest BCUT2D eigenvalue weighted by atomic mass is 10.1. The van der Waals surface area contributed by atoms with Crippen molar-refractivity contribution in [1.29, 1.82) is 0 Å². The average molecular weight is 294 g/mol. The number of pyridine rings is 2. The quantitative estimate of drug-likeness (QED) is 0.854. The number of rotatable bonds is 5. The second-order valence-electron chi connectivity index (χ2n) is 4.18. The minimum absolute atomic E-state index is 0.0392. The molecule has 2 heterocycles. The molecule has 2 aromatic heterocycles. The zero-order valence-electron chi connectivity index (χ0n) is 10.7. The van der Waals surface area contributed by atoms with Crippen LogP contribution >= 0.6 is 23.4 Å². The highest BCUT2D eigenvalue weighted by Crippen LogP contribution is 2.36. The van der Waals surface area contributed by atoms with Gasteiger partial charge in [0.2, 0.25) is 0 Å². The molecule has 0 saturated heterocycles. The lowest BCUT2D eigenvalue weighted by Crippen LogP contribution is -2.26. The van der Waals surface area contributed by atoms with Gasteiger partial charge in [0.15, 0.2) is 0 Å². The fourth-order valence-electron chi connectivity index (χ4n) is 1.69. The standard InChI is InChI=1S/C14H16ClN3S/c1-2-11(16)14(12-5-3-4-8-17-12)19-13-7-6-10(15)9-18-13/h3-9,11,14H,2,16H2,1H3. The maximum absolute atomic E-state index is 6.21. The van der Waals surface area contributed by atoms with Crippen LogP contribution in [-0.4, -0.2) is 16.0 Å². The van der Waals surface area contributed by atoms with E-state index < -0.39 is 0 Å². The number of nitrogens with two attached hydrogens (primary N) is 1. The van der Waals surface area contributed by atoms with E-state index in [1.807, 2.05) is 30.3 Å². The van der Waals surface area contributed by atoms with E-state index >= 15 is 0 Å². The number of hydrogen-bond acceptors (Lipinski definition) is 4. The molecule has 2 unspecified atom stereocenters. The number of thioether (sulfide) groups is 1. The normalized spacial score (nSPS) is 14.1. The molecular formula is C14H16ClN3S. The molecule has 0 aliphatic rings. The predicted molar refractivity (Wildman–Crippen MR) is 80.3 cm³/mol. The van der Waals surface area contributed by atoms with Gasteiger partial charge in [-0.1, -0.05) is 36.4 Å². The van der Waals surface area contributed by atoms with E-state index in [-0.39, 0.29) is 11.3 Å². The first kappa shape index (κ1) is 14.3. The third-order valence-electron chi connectivity index (χ3n) is 2.79. The van der Waals surface area contributed by atoms with E-state index in [4.69, 9.17) is 17.3 Å². The van der Waals surface area contributed by atoms with Crippen LogP contribution in [0.3, 0.4) is 0 Å². The van der Waals surface area contributed by atoms with E-state index in [1.54, 1.807) is 24.2 Å². The number of halogens is 1. The first-order chi connectivity index (χ1) is 9.20. The minimum Gasteiger partial charge on any atom is -0.326 e. The Morgan fingerprint density at radius 2 is 2.11 bits per heavy atom. The molecule has 0 saturated carbocycles. The lowest BCUT2D eigenvalue weighted by Gasteiger charge is -2.21. The maximum Gasteiger partial charge on any atom is 0.0968 e. The molecule has 2 rings (SSSR count). The molecule has 0 spiro atoms. The summed E-state index contributed by atoms with van der Waals surface area (Å²) in [6.45, 7) is 2.08. The van der Waals surface area contributed by atoms with Gasteiger partial charge in [-0.2, -0.15) is 0 Å². The summed E-state index contributed by atoms with van der Waals surface area (Å²) in [5.41, 5.74) is 7.20. The van der Waals surface area contributed by atoms with Gasteiger partial charge in [-0.3, -0.25) is 4.98 Å². The number of hydrogen-bond donors (Lipinski definition) is 1. The molecule has 0 radical (unpaired) electrons. The van der Waals surface area contributed by atoms with Gasteiger partial charge in [-0.15, -0.1) is 0 Å². The van der Waals surface area contributed by atoms with Crippen LogP contribution in [0.4, 0.5) is 0 Å². The molecule has 0 bridgehead atoms. The Bertz CT molecular complexity index is 504. The molecule has 2 aromatic rings. The van der Waals surface area contributed by atoms with Crippen molar-refractivity contribution >= 4 is 23.4 Å². The van der Waals surface area contributed by atoms with Gasteiger partial charge < -0.3 is 5.73 Å². The second kappa shape index (κ2) is 6.89. The summed E-state index contributed by atoms with van der Waals surface area (Å²) in [5.74, 6) is 0. The highest BCUT2D eigenvalue weighted by molar-refractivity contribution is 7.99. The Hall–Kier alpha value is -1.10. The van der Waals surface area contributed by atoms with Crippen LogP contribution in [0.15, 0.2) is 47.8 Å². The molecule has 0 aromatic carbocycles. The summed E-state index contributed by atoms with van der Waals surface area (Å²) in [4.78, 5) is 8.72. The van der Waals surface area contributed by atoms with E-state index in [2.05, 4.69) is 16.9 Å². The van der Waals surface area contributed by atoms with Crippen molar-refractivity contribution in [2.45, 2.75) is 29.7 Å². The molecule has 0 fully saturated rings. The van der Waals surface area contributed by atoms with E-state index in [1.165, 1.54) is 0 Å². The van der Waals surface area contributed by atoms with Gasteiger partial charge in [-0.05, 0) is 30.7 Å². The molecule has 3 nitrogen and oxygen atoms in total. The van der Waals surface area contributed by atoms with Crippen molar-refractivity contribution in [1.82, 2.24) is 9.97 Å². The van der Waals surface area contributed by atoms with Gasteiger partial charge in [-0.25, -0.2) is 4.98 Å². The Labute approximate surface area is 122 Å². The zero-order valence-corrected chi connectivity index (χ0v) is 12.2. The first-order valence-corrected chi connectivity index (χ1v) is 7.41. The summed E-state index contributed by atoms with van der Waals surface area (Å²) < 4.78 is 0. The fraction of sp³-hybridized carbons (Fsp3) is 0.286. The minimum atomic E-state index is 0.0392. The van der Waals surface area contributed by atoms with Crippen molar-refractivity contribution in [3.8, 4) is 0 Å². The monoisotopic (exact) mass is 293 g/mol. The molecule has 100 valence electrons. The Balaban J connectivity index is 2.21. The molecule has 2 atom stereocenters. The molecular weight excluding hydrogens is 278 g/mol. The number of aromatic nitrogens is 2. The summed E-state index contributed by atoms with van der Waals surface area (Å²) in [7, 11) is 0. The van der Waals surface area contributed by atoms with E-state index in [9.17, 15) is 0 Å².